The zero-order valence-electron chi connectivity index (χ0n) is 11.1. The summed E-state index contributed by atoms with van der Waals surface area (Å²) in [5.41, 5.74) is 0.510. The molecule has 1 N–H and O–H groups in total. The highest BCUT2D eigenvalue weighted by Crippen LogP contribution is 2.31. The molecule has 2 heteroatoms. The average Bonchev–Trinajstić information content (AvgIpc) is 2.76. The van der Waals surface area contributed by atoms with Crippen LogP contribution in [-0.4, -0.2) is 37.1 Å². The predicted molar refractivity (Wildman–Crippen MR) is 69.7 cm³/mol. The van der Waals surface area contributed by atoms with Gasteiger partial charge in [-0.1, -0.05) is 6.92 Å². The molecule has 2 fully saturated rings. The van der Waals surface area contributed by atoms with Gasteiger partial charge in [-0.25, -0.2) is 0 Å². The minimum atomic E-state index is 0.510. The van der Waals surface area contributed by atoms with Crippen LogP contribution in [0.25, 0.3) is 0 Å². The zero-order chi connectivity index (χ0) is 11.4. The van der Waals surface area contributed by atoms with Gasteiger partial charge in [0.1, 0.15) is 0 Å². The second-order valence-electron chi connectivity index (χ2n) is 5.97. The van der Waals surface area contributed by atoms with Crippen molar-refractivity contribution in [1.82, 2.24) is 10.2 Å². The van der Waals surface area contributed by atoms with E-state index in [1.165, 1.54) is 64.6 Å². The van der Waals surface area contributed by atoms with Gasteiger partial charge in [0.05, 0.1) is 0 Å². The van der Waals surface area contributed by atoms with E-state index in [0.717, 1.165) is 5.92 Å². The van der Waals surface area contributed by atoms with Crippen LogP contribution in [0.2, 0.25) is 0 Å². The molecule has 0 aliphatic carbocycles. The molecule has 0 bridgehead atoms. The molecule has 0 aromatic heterocycles. The third-order valence-corrected chi connectivity index (χ3v) is 4.76. The standard InChI is InChI=1S/C14H28N2/c1-3-14(8-5-10-15-14)9-7-13-6-4-11-16(2)12-13/h13,15H,3-12H2,1-2H3. The molecular formula is C14H28N2. The summed E-state index contributed by atoms with van der Waals surface area (Å²) in [6.07, 6.45) is 9.82. The number of hydrogen-bond acceptors (Lipinski definition) is 2. The maximum absolute atomic E-state index is 3.76. The van der Waals surface area contributed by atoms with Crippen LogP contribution in [0.1, 0.15) is 51.9 Å². The van der Waals surface area contributed by atoms with Crippen molar-refractivity contribution in [2.24, 2.45) is 5.92 Å². The average molecular weight is 224 g/mol. The van der Waals surface area contributed by atoms with Gasteiger partial charge < -0.3 is 10.2 Å². The summed E-state index contributed by atoms with van der Waals surface area (Å²) < 4.78 is 0. The third-order valence-electron chi connectivity index (χ3n) is 4.76. The van der Waals surface area contributed by atoms with Gasteiger partial charge in [0.25, 0.3) is 0 Å². The van der Waals surface area contributed by atoms with Crippen LogP contribution in [0.5, 0.6) is 0 Å². The second kappa shape index (κ2) is 5.50. The Morgan fingerprint density at radius 3 is 2.88 bits per heavy atom. The molecule has 16 heavy (non-hydrogen) atoms. The second-order valence-corrected chi connectivity index (χ2v) is 5.97. The Balaban J connectivity index is 1.77. The molecule has 2 rings (SSSR count). The molecule has 2 unspecified atom stereocenters. The van der Waals surface area contributed by atoms with Crippen LogP contribution < -0.4 is 5.32 Å². The number of nitrogens with one attached hydrogen (secondary N) is 1. The monoisotopic (exact) mass is 224 g/mol. The van der Waals surface area contributed by atoms with Crippen molar-refractivity contribution in [3.63, 3.8) is 0 Å². The molecule has 0 amide bonds. The Kier molecular flexibility index (Phi) is 4.26. The fourth-order valence-electron chi connectivity index (χ4n) is 3.55. The lowest BCUT2D eigenvalue weighted by molar-refractivity contribution is 0.185. The first kappa shape index (κ1) is 12.4. The minimum absolute atomic E-state index is 0.510. The SMILES string of the molecule is CCC1(CCC2CCCN(C)C2)CCCN1. The van der Waals surface area contributed by atoms with Gasteiger partial charge in [-0.05, 0) is 71.0 Å². The van der Waals surface area contributed by atoms with Crippen molar-refractivity contribution < 1.29 is 0 Å². The lowest BCUT2D eigenvalue weighted by Crippen LogP contribution is -2.40. The van der Waals surface area contributed by atoms with Crippen molar-refractivity contribution >= 4 is 0 Å². The zero-order valence-corrected chi connectivity index (χ0v) is 11.1. The van der Waals surface area contributed by atoms with Crippen molar-refractivity contribution in [3.05, 3.63) is 0 Å². The molecule has 2 saturated heterocycles. The Hall–Kier alpha value is -0.0800. The first-order valence-corrected chi connectivity index (χ1v) is 7.18. The summed E-state index contributed by atoms with van der Waals surface area (Å²) in [5.74, 6) is 0.963. The number of rotatable bonds is 4. The van der Waals surface area contributed by atoms with Crippen LogP contribution in [0.4, 0.5) is 0 Å². The maximum atomic E-state index is 3.76. The normalized spacial score (nSPS) is 36.8. The van der Waals surface area contributed by atoms with Gasteiger partial charge in [0.15, 0.2) is 0 Å². The highest BCUT2D eigenvalue weighted by atomic mass is 15.1. The lowest BCUT2D eigenvalue weighted by atomic mass is 9.83. The summed E-state index contributed by atoms with van der Waals surface area (Å²) in [7, 11) is 2.27. The highest BCUT2D eigenvalue weighted by Gasteiger charge is 2.32. The van der Waals surface area contributed by atoms with Crippen molar-refractivity contribution in [3.8, 4) is 0 Å². The third kappa shape index (κ3) is 2.98. The van der Waals surface area contributed by atoms with E-state index in [-0.39, 0.29) is 0 Å². The largest absolute Gasteiger partial charge is 0.311 e. The maximum Gasteiger partial charge on any atom is 0.0179 e. The minimum Gasteiger partial charge on any atom is -0.311 e. The molecule has 94 valence electrons. The molecular weight excluding hydrogens is 196 g/mol. The predicted octanol–water partition coefficient (Wildman–Crippen LogP) is 2.64. The van der Waals surface area contributed by atoms with E-state index in [1.807, 2.05) is 0 Å². The van der Waals surface area contributed by atoms with Gasteiger partial charge in [-0.15, -0.1) is 0 Å². The van der Waals surface area contributed by atoms with Crippen LogP contribution in [0.15, 0.2) is 0 Å². The van der Waals surface area contributed by atoms with E-state index >= 15 is 0 Å². The molecule has 0 saturated carbocycles. The summed E-state index contributed by atoms with van der Waals surface area (Å²) in [5, 5.41) is 3.76. The van der Waals surface area contributed by atoms with Gasteiger partial charge >= 0.3 is 0 Å². The molecule has 0 aromatic carbocycles. The van der Waals surface area contributed by atoms with Crippen LogP contribution in [0, 0.1) is 5.92 Å². The molecule has 2 heterocycles. The van der Waals surface area contributed by atoms with E-state index in [9.17, 15) is 0 Å². The lowest BCUT2D eigenvalue weighted by Gasteiger charge is -2.34. The Morgan fingerprint density at radius 2 is 2.25 bits per heavy atom. The van der Waals surface area contributed by atoms with E-state index in [4.69, 9.17) is 0 Å². The van der Waals surface area contributed by atoms with E-state index in [1.54, 1.807) is 0 Å². The first-order chi connectivity index (χ1) is 7.74. The van der Waals surface area contributed by atoms with Crippen LogP contribution in [-0.2, 0) is 0 Å². The number of piperidine rings is 1. The molecule has 0 radical (unpaired) electrons. The molecule has 2 nitrogen and oxygen atoms in total. The molecule has 0 spiro atoms. The summed E-state index contributed by atoms with van der Waals surface area (Å²) >= 11 is 0. The van der Waals surface area contributed by atoms with Crippen molar-refractivity contribution in [1.29, 1.82) is 0 Å². The van der Waals surface area contributed by atoms with Crippen molar-refractivity contribution in [2.75, 3.05) is 26.7 Å². The summed E-state index contributed by atoms with van der Waals surface area (Å²) in [6.45, 7) is 6.25. The fourth-order valence-corrected chi connectivity index (χ4v) is 3.55. The number of likely N-dealkylation sites (tertiary alicyclic amines) is 1. The van der Waals surface area contributed by atoms with Gasteiger partial charge in [0.2, 0.25) is 0 Å². The Morgan fingerprint density at radius 1 is 1.38 bits per heavy atom. The van der Waals surface area contributed by atoms with Gasteiger partial charge in [0, 0.05) is 12.1 Å². The topological polar surface area (TPSA) is 15.3 Å². The Bertz CT molecular complexity index is 209. The quantitative estimate of drug-likeness (QED) is 0.790. The molecule has 2 atom stereocenters. The van der Waals surface area contributed by atoms with Crippen LogP contribution in [0.3, 0.4) is 0 Å². The number of hydrogen-bond donors (Lipinski definition) is 1. The fraction of sp³-hybridized carbons (Fsp3) is 1.00. The molecule has 0 aromatic rings. The Labute approximate surface area is 101 Å². The van der Waals surface area contributed by atoms with E-state index < -0.39 is 0 Å². The van der Waals surface area contributed by atoms with Gasteiger partial charge in [-0.2, -0.15) is 0 Å². The molecule has 2 aliphatic rings. The first-order valence-electron chi connectivity index (χ1n) is 7.18. The highest BCUT2D eigenvalue weighted by molar-refractivity contribution is 4.92. The molecule has 2 aliphatic heterocycles. The van der Waals surface area contributed by atoms with Crippen molar-refractivity contribution in [2.45, 2.75) is 57.4 Å². The van der Waals surface area contributed by atoms with E-state index in [2.05, 4.69) is 24.2 Å². The van der Waals surface area contributed by atoms with Gasteiger partial charge in [-0.3, -0.25) is 0 Å². The summed E-state index contributed by atoms with van der Waals surface area (Å²) in [6, 6.07) is 0. The van der Waals surface area contributed by atoms with Crippen LogP contribution >= 0.6 is 0 Å². The van der Waals surface area contributed by atoms with E-state index in [0.29, 0.717) is 5.54 Å². The summed E-state index contributed by atoms with van der Waals surface area (Å²) in [4.78, 5) is 2.51. The smallest absolute Gasteiger partial charge is 0.0179 e. The number of nitrogens with zero attached hydrogens (tertiary/aromatic N) is 1.